The van der Waals surface area contributed by atoms with Gasteiger partial charge in [-0.1, -0.05) is 24.3 Å². The van der Waals surface area contributed by atoms with E-state index in [1.54, 1.807) is 18.3 Å². The number of urea groups is 1. The summed E-state index contributed by atoms with van der Waals surface area (Å²) in [4.78, 5) is 11.9. The Kier molecular flexibility index (Phi) is 5.48. The minimum Gasteiger partial charge on any atom is -0.467 e. The number of carbonyl (C=O) groups excluding carboxylic acids is 1. The van der Waals surface area contributed by atoms with E-state index in [9.17, 15) is 9.90 Å². The van der Waals surface area contributed by atoms with E-state index in [4.69, 9.17) is 4.42 Å². The second-order valence-electron chi connectivity index (χ2n) is 5.62. The molecule has 0 bridgehead atoms. The number of rotatable bonds is 7. The highest BCUT2D eigenvalue weighted by Crippen LogP contribution is 2.11. The van der Waals surface area contributed by atoms with Gasteiger partial charge < -0.3 is 20.2 Å². The predicted molar refractivity (Wildman–Crippen MR) is 91.7 cm³/mol. The number of aliphatic hydroxyl groups excluding tert-OH is 1. The van der Waals surface area contributed by atoms with Gasteiger partial charge in [-0.15, -0.1) is 0 Å². The van der Waals surface area contributed by atoms with Crippen molar-refractivity contribution in [2.75, 3.05) is 6.54 Å². The summed E-state index contributed by atoms with van der Waals surface area (Å²) in [5, 5.41) is 19.4. The molecule has 3 aromatic rings. The average Bonchev–Trinajstić information content (AvgIpc) is 3.32. The first-order chi connectivity index (χ1) is 12.2. The van der Waals surface area contributed by atoms with Gasteiger partial charge in [-0.2, -0.15) is 5.10 Å². The number of benzene rings is 1. The van der Waals surface area contributed by atoms with Crippen LogP contribution in [0, 0.1) is 0 Å². The van der Waals surface area contributed by atoms with Crippen LogP contribution in [0.4, 0.5) is 4.79 Å². The van der Waals surface area contributed by atoms with Crippen LogP contribution in [-0.2, 0) is 13.1 Å². The molecule has 0 aliphatic rings. The zero-order chi connectivity index (χ0) is 17.5. The maximum absolute atomic E-state index is 11.9. The minimum atomic E-state index is -0.863. The minimum absolute atomic E-state index is 0.0820. The lowest BCUT2D eigenvalue weighted by atomic mass is 10.1. The van der Waals surface area contributed by atoms with Crippen LogP contribution < -0.4 is 10.6 Å². The molecule has 2 heterocycles. The van der Waals surface area contributed by atoms with E-state index in [-0.39, 0.29) is 12.6 Å². The van der Waals surface area contributed by atoms with E-state index >= 15 is 0 Å². The molecule has 1 unspecified atom stereocenters. The molecule has 130 valence electrons. The zero-order valence-corrected chi connectivity index (χ0v) is 13.6. The topological polar surface area (TPSA) is 92.3 Å². The fraction of sp³-hybridized carbons (Fsp3) is 0.222. The number of carbonyl (C=O) groups is 1. The van der Waals surface area contributed by atoms with Crippen molar-refractivity contribution in [2.45, 2.75) is 19.2 Å². The fourth-order valence-electron chi connectivity index (χ4n) is 2.43. The molecule has 7 heteroatoms. The summed E-state index contributed by atoms with van der Waals surface area (Å²) in [5.41, 5.74) is 2.10. The molecule has 3 N–H and O–H groups in total. The number of hydrogen-bond donors (Lipinski definition) is 3. The van der Waals surface area contributed by atoms with Crippen molar-refractivity contribution < 1.29 is 14.3 Å². The molecular weight excluding hydrogens is 320 g/mol. The summed E-state index contributed by atoms with van der Waals surface area (Å²) < 4.78 is 6.93. The average molecular weight is 340 g/mol. The van der Waals surface area contributed by atoms with Gasteiger partial charge >= 0.3 is 6.03 Å². The van der Waals surface area contributed by atoms with Crippen LogP contribution in [0.5, 0.6) is 0 Å². The standard InChI is InChI=1S/C18H20N4O3/c23-16(17-6-2-9-25-17)12-20-18(24)19-11-14-4-1-5-15(10-14)13-22-8-3-7-21-22/h1-10,16,23H,11-13H2,(H2,19,20,24). The Morgan fingerprint density at radius 2 is 2.08 bits per heavy atom. The number of nitrogens with zero attached hydrogens (tertiary/aromatic N) is 2. The molecule has 2 aromatic heterocycles. The van der Waals surface area contributed by atoms with Gasteiger partial charge in [0, 0.05) is 18.9 Å². The SMILES string of the molecule is O=C(NCc1cccc(Cn2cccn2)c1)NCC(O)c1ccco1. The van der Waals surface area contributed by atoms with Crippen LogP contribution in [-0.4, -0.2) is 27.5 Å². The van der Waals surface area contributed by atoms with Crippen LogP contribution >= 0.6 is 0 Å². The van der Waals surface area contributed by atoms with Crippen LogP contribution in [0.25, 0.3) is 0 Å². The van der Waals surface area contributed by atoms with Crippen molar-refractivity contribution in [3.8, 4) is 0 Å². The van der Waals surface area contributed by atoms with Crippen LogP contribution in [0.15, 0.2) is 65.5 Å². The Labute approximate surface area is 145 Å². The van der Waals surface area contributed by atoms with E-state index in [0.717, 1.165) is 11.1 Å². The summed E-state index contributed by atoms with van der Waals surface area (Å²) in [6.45, 7) is 1.16. The Hall–Kier alpha value is -3.06. The van der Waals surface area contributed by atoms with Crippen molar-refractivity contribution in [3.63, 3.8) is 0 Å². The van der Waals surface area contributed by atoms with Crippen LogP contribution in [0.3, 0.4) is 0 Å². The van der Waals surface area contributed by atoms with Gasteiger partial charge in [0.05, 0.1) is 19.4 Å². The Balaban J connectivity index is 1.45. The molecule has 1 aromatic carbocycles. The number of aliphatic hydroxyl groups is 1. The molecular formula is C18H20N4O3. The van der Waals surface area contributed by atoms with Crippen molar-refractivity contribution in [3.05, 3.63) is 78.0 Å². The molecule has 1 atom stereocenters. The first-order valence-electron chi connectivity index (χ1n) is 7.99. The van der Waals surface area contributed by atoms with Gasteiger partial charge in [0.1, 0.15) is 11.9 Å². The second-order valence-corrected chi connectivity index (χ2v) is 5.62. The quantitative estimate of drug-likeness (QED) is 0.614. The third kappa shape index (κ3) is 4.95. The highest BCUT2D eigenvalue weighted by atomic mass is 16.4. The zero-order valence-electron chi connectivity index (χ0n) is 13.6. The first kappa shape index (κ1) is 16.8. The molecule has 0 fully saturated rings. The third-order valence-corrected chi connectivity index (χ3v) is 3.68. The van der Waals surface area contributed by atoms with Crippen LogP contribution in [0.1, 0.15) is 23.0 Å². The van der Waals surface area contributed by atoms with Gasteiger partial charge in [0.2, 0.25) is 0 Å². The molecule has 7 nitrogen and oxygen atoms in total. The molecule has 0 aliphatic heterocycles. The highest BCUT2D eigenvalue weighted by molar-refractivity contribution is 5.73. The van der Waals surface area contributed by atoms with Gasteiger partial charge in [-0.3, -0.25) is 4.68 Å². The number of furan rings is 1. The summed E-state index contributed by atoms with van der Waals surface area (Å²) >= 11 is 0. The van der Waals surface area contributed by atoms with E-state index in [1.165, 1.54) is 6.26 Å². The molecule has 0 aliphatic carbocycles. The molecule has 0 saturated heterocycles. The van der Waals surface area contributed by atoms with Crippen molar-refractivity contribution in [1.82, 2.24) is 20.4 Å². The number of hydrogen-bond acceptors (Lipinski definition) is 4. The highest BCUT2D eigenvalue weighted by Gasteiger charge is 2.11. The van der Waals surface area contributed by atoms with Gasteiger partial charge in [-0.25, -0.2) is 4.79 Å². The monoisotopic (exact) mass is 340 g/mol. The van der Waals surface area contributed by atoms with Crippen LogP contribution in [0.2, 0.25) is 0 Å². The fourth-order valence-corrected chi connectivity index (χ4v) is 2.43. The molecule has 2 amide bonds. The lowest BCUT2D eigenvalue weighted by molar-refractivity contribution is 0.148. The van der Waals surface area contributed by atoms with Crippen molar-refractivity contribution in [2.24, 2.45) is 0 Å². The Bertz CT molecular complexity index is 785. The predicted octanol–water partition coefficient (Wildman–Crippen LogP) is 2.06. The van der Waals surface area contributed by atoms with Crippen molar-refractivity contribution in [1.29, 1.82) is 0 Å². The number of amides is 2. The molecule has 0 radical (unpaired) electrons. The Morgan fingerprint density at radius 1 is 1.20 bits per heavy atom. The summed E-state index contributed by atoms with van der Waals surface area (Å²) in [6, 6.07) is 12.8. The summed E-state index contributed by atoms with van der Waals surface area (Å²) in [5.74, 6) is 0.423. The lowest BCUT2D eigenvalue weighted by Gasteiger charge is -2.11. The normalized spacial score (nSPS) is 11.9. The second kappa shape index (κ2) is 8.16. The third-order valence-electron chi connectivity index (χ3n) is 3.68. The van der Waals surface area contributed by atoms with Crippen molar-refractivity contribution >= 4 is 6.03 Å². The van der Waals surface area contributed by atoms with Gasteiger partial charge in [0.25, 0.3) is 0 Å². The molecule has 0 saturated carbocycles. The summed E-state index contributed by atoms with van der Waals surface area (Å²) in [6.07, 6.45) is 4.27. The van der Waals surface area contributed by atoms with E-state index in [0.29, 0.717) is 18.8 Å². The van der Waals surface area contributed by atoms with E-state index in [1.807, 2.05) is 41.2 Å². The number of nitrogens with one attached hydrogen (secondary N) is 2. The van der Waals surface area contributed by atoms with Gasteiger partial charge in [0.15, 0.2) is 0 Å². The largest absolute Gasteiger partial charge is 0.467 e. The summed E-state index contributed by atoms with van der Waals surface area (Å²) in [7, 11) is 0. The van der Waals surface area contributed by atoms with E-state index < -0.39 is 6.10 Å². The maximum atomic E-state index is 11.9. The smallest absolute Gasteiger partial charge is 0.315 e. The number of aromatic nitrogens is 2. The maximum Gasteiger partial charge on any atom is 0.315 e. The van der Waals surface area contributed by atoms with E-state index in [2.05, 4.69) is 15.7 Å². The molecule has 25 heavy (non-hydrogen) atoms. The molecule has 0 spiro atoms. The molecule has 3 rings (SSSR count). The first-order valence-corrected chi connectivity index (χ1v) is 7.99. The Morgan fingerprint density at radius 3 is 2.84 bits per heavy atom. The lowest BCUT2D eigenvalue weighted by Crippen LogP contribution is -2.37. The van der Waals surface area contributed by atoms with Gasteiger partial charge in [-0.05, 0) is 29.3 Å².